The summed E-state index contributed by atoms with van der Waals surface area (Å²) in [5.41, 5.74) is 2.08. The van der Waals surface area contributed by atoms with Gasteiger partial charge in [-0.15, -0.1) is 11.3 Å². The first-order valence-electron chi connectivity index (χ1n) is 9.34. The molecule has 0 spiro atoms. The van der Waals surface area contributed by atoms with Crippen molar-refractivity contribution >= 4 is 39.9 Å². The van der Waals surface area contributed by atoms with Crippen LogP contribution in [0.5, 0.6) is 0 Å². The number of pyridine rings is 1. The Morgan fingerprint density at radius 2 is 2.06 bits per heavy atom. The summed E-state index contributed by atoms with van der Waals surface area (Å²) in [6, 6.07) is 11.8. The van der Waals surface area contributed by atoms with E-state index in [1.807, 2.05) is 18.2 Å². The second-order valence-electron chi connectivity index (χ2n) is 6.68. The Morgan fingerprint density at radius 3 is 2.84 bits per heavy atom. The number of ether oxygens (including phenoxy) is 1. The highest BCUT2D eigenvalue weighted by atomic mass is 32.1. The van der Waals surface area contributed by atoms with E-state index < -0.39 is 11.6 Å². The van der Waals surface area contributed by atoms with Crippen LogP contribution in [0, 0.1) is 0 Å². The van der Waals surface area contributed by atoms with Gasteiger partial charge in [0.1, 0.15) is 17.2 Å². The number of thiazole rings is 1. The highest BCUT2D eigenvalue weighted by Gasteiger charge is 2.13. The standard InChI is InChI=1S/C22H17N3O5S/c1-13(26)24-15-5-6-17-14(8-21(28)30-19(17)9-15)11-29-20(27)10-16-12-31-22(25-16)18-4-2-3-7-23-18/h2-9,12H,10-11H2,1H3,(H,24,26). The number of esters is 1. The summed E-state index contributed by atoms with van der Waals surface area (Å²) in [6.07, 6.45) is 1.69. The molecule has 0 unspecified atom stereocenters. The molecular formula is C22H17N3O5S. The predicted molar refractivity (Wildman–Crippen MR) is 116 cm³/mol. The van der Waals surface area contributed by atoms with E-state index in [1.54, 1.807) is 29.8 Å². The fourth-order valence-corrected chi connectivity index (χ4v) is 3.78. The van der Waals surface area contributed by atoms with Gasteiger partial charge in [0.15, 0.2) is 0 Å². The van der Waals surface area contributed by atoms with Gasteiger partial charge in [-0.2, -0.15) is 0 Å². The van der Waals surface area contributed by atoms with Crippen LogP contribution in [0.2, 0.25) is 0 Å². The molecule has 0 fully saturated rings. The molecule has 1 amide bonds. The number of rotatable bonds is 6. The summed E-state index contributed by atoms with van der Waals surface area (Å²) < 4.78 is 10.6. The van der Waals surface area contributed by atoms with Crippen LogP contribution in [-0.4, -0.2) is 21.8 Å². The number of aromatic nitrogens is 2. The van der Waals surface area contributed by atoms with Crippen LogP contribution in [0.4, 0.5) is 5.69 Å². The Balaban J connectivity index is 1.45. The monoisotopic (exact) mass is 435 g/mol. The summed E-state index contributed by atoms with van der Waals surface area (Å²) in [5, 5.41) is 5.77. The van der Waals surface area contributed by atoms with Crippen molar-refractivity contribution in [3.05, 3.63) is 75.7 Å². The Kier molecular flexibility index (Phi) is 5.85. The molecule has 4 rings (SSSR count). The van der Waals surface area contributed by atoms with Gasteiger partial charge >= 0.3 is 11.6 Å². The molecule has 0 saturated heterocycles. The van der Waals surface area contributed by atoms with Crippen molar-refractivity contribution < 1.29 is 18.7 Å². The molecule has 3 heterocycles. The zero-order valence-corrected chi connectivity index (χ0v) is 17.3. The molecule has 0 bridgehead atoms. The van der Waals surface area contributed by atoms with Gasteiger partial charge in [0.05, 0.1) is 17.8 Å². The molecular weight excluding hydrogens is 418 g/mol. The summed E-state index contributed by atoms with van der Waals surface area (Å²) in [7, 11) is 0. The van der Waals surface area contributed by atoms with Crippen LogP contribution in [0.3, 0.4) is 0 Å². The molecule has 1 aromatic carbocycles. The van der Waals surface area contributed by atoms with E-state index in [0.29, 0.717) is 27.9 Å². The maximum atomic E-state index is 12.3. The van der Waals surface area contributed by atoms with E-state index in [-0.39, 0.29) is 18.9 Å². The number of fused-ring (bicyclic) bond motifs is 1. The van der Waals surface area contributed by atoms with Gasteiger partial charge in [0.2, 0.25) is 5.91 Å². The minimum absolute atomic E-state index is 0.00931. The summed E-state index contributed by atoms with van der Waals surface area (Å²) in [4.78, 5) is 44.1. The Morgan fingerprint density at radius 1 is 1.19 bits per heavy atom. The lowest BCUT2D eigenvalue weighted by atomic mass is 10.1. The third-order valence-electron chi connectivity index (χ3n) is 4.30. The number of hydrogen-bond donors (Lipinski definition) is 1. The summed E-state index contributed by atoms with van der Waals surface area (Å²) in [6.45, 7) is 1.30. The Bertz CT molecular complexity index is 1310. The average molecular weight is 435 g/mol. The van der Waals surface area contributed by atoms with Gasteiger partial charge in [0, 0.05) is 47.3 Å². The van der Waals surface area contributed by atoms with Crippen LogP contribution in [0.15, 0.2) is 63.3 Å². The second kappa shape index (κ2) is 8.88. The quantitative estimate of drug-likeness (QED) is 0.364. The van der Waals surface area contributed by atoms with Crippen LogP contribution >= 0.6 is 11.3 Å². The first-order valence-corrected chi connectivity index (χ1v) is 10.2. The van der Waals surface area contributed by atoms with E-state index in [2.05, 4.69) is 15.3 Å². The molecule has 4 aromatic rings. The Hall–Kier alpha value is -3.85. The number of nitrogens with zero attached hydrogens (tertiary/aromatic N) is 2. The van der Waals surface area contributed by atoms with Crippen molar-refractivity contribution in [2.75, 3.05) is 5.32 Å². The van der Waals surface area contributed by atoms with Crippen molar-refractivity contribution in [2.45, 2.75) is 20.0 Å². The smallest absolute Gasteiger partial charge is 0.336 e. The first kappa shape index (κ1) is 20.4. The molecule has 156 valence electrons. The van der Waals surface area contributed by atoms with Gasteiger partial charge in [0.25, 0.3) is 0 Å². The summed E-state index contributed by atoms with van der Waals surface area (Å²) >= 11 is 1.40. The number of carbonyl (C=O) groups excluding carboxylic acids is 2. The van der Waals surface area contributed by atoms with Crippen LogP contribution in [0.1, 0.15) is 18.2 Å². The lowest BCUT2D eigenvalue weighted by Crippen LogP contribution is -2.10. The van der Waals surface area contributed by atoms with Crippen LogP contribution in [-0.2, 0) is 27.4 Å². The second-order valence-corrected chi connectivity index (χ2v) is 7.54. The van der Waals surface area contributed by atoms with Gasteiger partial charge in [-0.1, -0.05) is 6.07 Å². The maximum absolute atomic E-state index is 12.3. The molecule has 0 aliphatic heterocycles. The number of hydrogen-bond acceptors (Lipinski definition) is 8. The lowest BCUT2D eigenvalue weighted by molar-refractivity contribution is -0.144. The van der Waals surface area contributed by atoms with Crippen molar-refractivity contribution in [1.82, 2.24) is 9.97 Å². The predicted octanol–water partition coefficient (Wildman–Crippen LogP) is 3.56. The molecule has 0 aliphatic carbocycles. The molecule has 0 atom stereocenters. The van der Waals surface area contributed by atoms with Crippen molar-refractivity contribution in [3.63, 3.8) is 0 Å². The third kappa shape index (κ3) is 5.01. The molecule has 8 nitrogen and oxygen atoms in total. The van der Waals surface area contributed by atoms with Crippen molar-refractivity contribution in [3.8, 4) is 10.7 Å². The number of anilines is 1. The van der Waals surface area contributed by atoms with E-state index in [9.17, 15) is 14.4 Å². The maximum Gasteiger partial charge on any atom is 0.336 e. The largest absolute Gasteiger partial charge is 0.460 e. The molecule has 0 aliphatic rings. The summed E-state index contributed by atoms with van der Waals surface area (Å²) in [5.74, 6) is -0.700. The topological polar surface area (TPSA) is 111 Å². The number of amides is 1. The number of benzene rings is 1. The third-order valence-corrected chi connectivity index (χ3v) is 5.21. The Labute approximate surface area is 180 Å². The fraction of sp³-hybridized carbons (Fsp3) is 0.136. The van der Waals surface area contributed by atoms with E-state index in [4.69, 9.17) is 9.15 Å². The van der Waals surface area contributed by atoms with Crippen LogP contribution in [0.25, 0.3) is 21.7 Å². The van der Waals surface area contributed by atoms with E-state index in [1.165, 1.54) is 24.3 Å². The zero-order chi connectivity index (χ0) is 21.8. The van der Waals surface area contributed by atoms with E-state index in [0.717, 1.165) is 10.7 Å². The van der Waals surface area contributed by atoms with Gasteiger partial charge < -0.3 is 14.5 Å². The minimum atomic E-state index is -0.571. The average Bonchev–Trinajstić information content (AvgIpc) is 3.20. The highest BCUT2D eigenvalue weighted by molar-refractivity contribution is 7.13. The van der Waals surface area contributed by atoms with Gasteiger partial charge in [-0.3, -0.25) is 14.6 Å². The van der Waals surface area contributed by atoms with E-state index >= 15 is 0 Å². The minimum Gasteiger partial charge on any atom is -0.460 e. The lowest BCUT2D eigenvalue weighted by Gasteiger charge is -2.08. The molecule has 9 heteroatoms. The molecule has 31 heavy (non-hydrogen) atoms. The van der Waals surface area contributed by atoms with Crippen molar-refractivity contribution in [2.24, 2.45) is 0 Å². The molecule has 0 saturated carbocycles. The number of nitrogens with one attached hydrogen (secondary N) is 1. The van der Waals surface area contributed by atoms with Gasteiger partial charge in [-0.05, 0) is 24.3 Å². The molecule has 0 radical (unpaired) electrons. The highest BCUT2D eigenvalue weighted by Crippen LogP contribution is 2.23. The zero-order valence-electron chi connectivity index (χ0n) is 16.5. The first-order chi connectivity index (χ1) is 15.0. The molecule has 1 N–H and O–H groups in total. The molecule has 3 aromatic heterocycles. The van der Waals surface area contributed by atoms with Crippen molar-refractivity contribution in [1.29, 1.82) is 0 Å². The number of carbonyl (C=O) groups is 2. The van der Waals surface area contributed by atoms with Gasteiger partial charge in [-0.25, -0.2) is 9.78 Å². The fourth-order valence-electron chi connectivity index (χ4n) is 2.98. The SMILES string of the molecule is CC(=O)Nc1ccc2c(COC(=O)Cc3csc(-c4ccccn4)n3)cc(=O)oc2c1. The normalized spacial score (nSPS) is 10.7. The van der Waals surface area contributed by atoms with Crippen LogP contribution < -0.4 is 10.9 Å².